The molecular weight excluding hydrogens is 330 g/mol. The van der Waals surface area contributed by atoms with Crippen LogP contribution in [0.5, 0.6) is 0 Å². The minimum atomic E-state index is 0.201. The van der Waals surface area contributed by atoms with Crippen LogP contribution in [0.3, 0.4) is 0 Å². The second-order valence-electron chi connectivity index (χ2n) is 5.16. The number of hydrogen-bond acceptors (Lipinski definition) is 2. The Kier molecular flexibility index (Phi) is 5.70. The lowest BCUT2D eigenvalue weighted by molar-refractivity contribution is 0.737. The summed E-state index contributed by atoms with van der Waals surface area (Å²) in [5.74, 6) is 0.998. The van der Waals surface area contributed by atoms with Gasteiger partial charge in [0, 0.05) is 21.2 Å². The summed E-state index contributed by atoms with van der Waals surface area (Å²) in [6.45, 7) is 4.20. The lowest BCUT2D eigenvalue weighted by Crippen LogP contribution is -2.17. The van der Waals surface area contributed by atoms with E-state index in [-0.39, 0.29) is 6.04 Å². The molecule has 0 heterocycles. The van der Waals surface area contributed by atoms with Gasteiger partial charge in [0.05, 0.1) is 0 Å². The van der Waals surface area contributed by atoms with Crippen molar-refractivity contribution in [3.63, 3.8) is 0 Å². The van der Waals surface area contributed by atoms with Gasteiger partial charge in [0.2, 0.25) is 0 Å². The number of rotatable bonds is 5. The van der Waals surface area contributed by atoms with Crippen LogP contribution in [0.25, 0.3) is 0 Å². The molecule has 2 aromatic carbocycles. The normalized spacial score (nSPS) is 12.4. The van der Waals surface area contributed by atoms with E-state index in [2.05, 4.69) is 65.3 Å². The maximum atomic E-state index is 5.84. The van der Waals surface area contributed by atoms with Gasteiger partial charge in [-0.15, -0.1) is 11.8 Å². The molecule has 2 aromatic rings. The predicted octanol–water partition coefficient (Wildman–Crippen LogP) is 4.94. The van der Waals surface area contributed by atoms with Crippen molar-refractivity contribution in [2.24, 2.45) is 5.73 Å². The number of halogens is 1. The topological polar surface area (TPSA) is 26.0 Å². The standard InChI is InChI=1S/C17H20BrNS/c1-12-5-3-4-6-15(12)11-20-17-8-7-14(9-13(2)19)10-16(17)18/h3-8,10,13H,9,11,19H2,1-2H3. The molecule has 0 saturated heterocycles. The molecule has 1 nitrogen and oxygen atoms in total. The van der Waals surface area contributed by atoms with Crippen LogP contribution < -0.4 is 5.73 Å². The molecule has 3 heteroatoms. The van der Waals surface area contributed by atoms with Crippen molar-refractivity contribution in [3.8, 4) is 0 Å². The highest BCUT2D eigenvalue weighted by molar-refractivity contribution is 9.10. The minimum absolute atomic E-state index is 0.201. The Balaban J connectivity index is 2.05. The van der Waals surface area contributed by atoms with Gasteiger partial charge in [-0.1, -0.05) is 30.3 Å². The Morgan fingerprint density at radius 3 is 2.60 bits per heavy atom. The lowest BCUT2D eigenvalue weighted by atomic mass is 10.1. The molecule has 1 unspecified atom stereocenters. The highest BCUT2D eigenvalue weighted by Crippen LogP contribution is 2.31. The van der Waals surface area contributed by atoms with Crippen LogP contribution >= 0.6 is 27.7 Å². The average molecular weight is 350 g/mol. The van der Waals surface area contributed by atoms with Crippen LogP contribution in [-0.4, -0.2) is 6.04 Å². The van der Waals surface area contributed by atoms with Gasteiger partial charge in [-0.2, -0.15) is 0 Å². The number of aryl methyl sites for hydroxylation is 1. The summed E-state index contributed by atoms with van der Waals surface area (Å²) in [6.07, 6.45) is 0.918. The summed E-state index contributed by atoms with van der Waals surface area (Å²) in [5, 5.41) is 0. The molecule has 0 fully saturated rings. The smallest absolute Gasteiger partial charge is 0.0314 e. The molecule has 0 spiro atoms. The molecule has 20 heavy (non-hydrogen) atoms. The van der Waals surface area contributed by atoms with Crippen molar-refractivity contribution in [1.82, 2.24) is 0 Å². The van der Waals surface area contributed by atoms with Crippen LogP contribution in [-0.2, 0) is 12.2 Å². The van der Waals surface area contributed by atoms with Gasteiger partial charge < -0.3 is 5.73 Å². The van der Waals surface area contributed by atoms with E-state index in [1.165, 1.54) is 21.6 Å². The van der Waals surface area contributed by atoms with Crippen molar-refractivity contribution < 1.29 is 0 Å². The lowest BCUT2D eigenvalue weighted by Gasteiger charge is -2.10. The van der Waals surface area contributed by atoms with Gasteiger partial charge in [0.1, 0.15) is 0 Å². The number of benzene rings is 2. The van der Waals surface area contributed by atoms with Crippen molar-refractivity contribution >= 4 is 27.7 Å². The summed E-state index contributed by atoms with van der Waals surface area (Å²) >= 11 is 5.53. The summed E-state index contributed by atoms with van der Waals surface area (Å²) in [4.78, 5) is 1.28. The fraction of sp³-hybridized carbons (Fsp3) is 0.294. The van der Waals surface area contributed by atoms with E-state index in [0.717, 1.165) is 16.6 Å². The Bertz CT molecular complexity index is 581. The highest BCUT2D eigenvalue weighted by atomic mass is 79.9. The number of nitrogens with two attached hydrogens (primary N) is 1. The molecule has 2 N–H and O–H groups in total. The molecule has 2 rings (SSSR count). The minimum Gasteiger partial charge on any atom is -0.328 e. The number of thioether (sulfide) groups is 1. The maximum Gasteiger partial charge on any atom is 0.0314 e. The monoisotopic (exact) mass is 349 g/mol. The fourth-order valence-electron chi connectivity index (χ4n) is 2.09. The summed E-state index contributed by atoms with van der Waals surface area (Å²) in [7, 11) is 0. The highest BCUT2D eigenvalue weighted by Gasteiger charge is 2.05. The second kappa shape index (κ2) is 7.30. The van der Waals surface area contributed by atoms with Crippen molar-refractivity contribution in [2.75, 3.05) is 0 Å². The van der Waals surface area contributed by atoms with E-state index in [1.807, 2.05) is 18.7 Å². The van der Waals surface area contributed by atoms with Crippen LogP contribution in [0, 0.1) is 6.92 Å². The third kappa shape index (κ3) is 4.37. The molecule has 0 aliphatic rings. The summed E-state index contributed by atoms with van der Waals surface area (Å²) in [6, 6.07) is 15.3. The van der Waals surface area contributed by atoms with Crippen LogP contribution in [0.4, 0.5) is 0 Å². The van der Waals surface area contributed by atoms with Crippen LogP contribution in [0.15, 0.2) is 51.8 Å². The molecule has 106 valence electrons. The van der Waals surface area contributed by atoms with E-state index in [0.29, 0.717) is 0 Å². The zero-order chi connectivity index (χ0) is 14.5. The second-order valence-corrected chi connectivity index (χ2v) is 7.03. The quantitative estimate of drug-likeness (QED) is 0.773. The molecule has 0 bridgehead atoms. The Hall–Kier alpha value is -0.770. The first-order valence-electron chi connectivity index (χ1n) is 6.77. The Morgan fingerprint density at radius 2 is 1.95 bits per heavy atom. The SMILES string of the molecule is Cc1ccccc1CSc1ccc(CC(C)N)cc1Br. The third-order valence-electron chi connectivity index (χ3n) is 3.20. The van der Waals surface area contributed by atoms with Crippen molar-refractivity contribution in [1.29, 1.82) is 0 Å². The average Bonchev–Trinajstić information content (AvgIpc) is 2.39. The van der Waals surface area contributed by atoms with Crippen molar-refractivity contribution in [3.05, 3.63) is 63.6 Å². The fourth-order valence-corrected chi connectivity index (χ4v) is 3.85. The summed E-state index contributed by atoms with van der Waals surface area (Å²) in [5.41, 5.74) is 9.87. The molecule has 0 saturated carbocycles. The largest absolute Gasteiger partial charge is 0.328 e. The van der Waals surface area contributed by atoms with E-state index in [1.54, 1.807) is 0 Å². The Labute approximate surface area is 134 Å². The molecule has 0 aliphatic carbocycles. The zero-order valence-electron chi connectivity index (χ0n) is 11.9. The van der Waals surface area contributed by atoms with Crippen LogP contribution in [0.1, 0.15) is 23.6 Å². The van der Waals surface area contributed by atoms with Gasteiger partial charge >= 0.3 is 0 Å². The third-order valence-corrected chi connectivity index (χ3v) is 5.24. The van der Waals surface area contributed by atoms with Gasteiger partial charge in [-0.05, 0) is 65.0 Å². The number of hydrogen-bond donors (Lipinski definition) is 1. The predicted molar refractivity (Wildman–Crippen MR) is 92.2 cm³/mol. The molecular formula is C17H20BrNS. The Morgan fingerprint density at radius 1 is 1.20 bits per heavy atom. The van der Waals surface area contributed by atoms with Gasteiger partial charge in [-0.25, -0.2) is 0 Å². The van der Waals surface area contributed by atoms with Gasteiger partial charge in [0.15, 0.2) is 0 Å². The van der Waals surface area contributed by atoms with E-state index < -0.39 is 0 Å². The zero-order valence-corrected chi connectivity index (χ0v) is 14.3. The molecule has 0 aliphatic heterocycles. The summed E-state index contributed by atoms with van der Waals surface area (Å²) < 4.78 is 1.16. The van der Waals surface area contributed by atoms with Crippen molar-refractivity contribution in [2.45, 2.75) is 37.0 Å². The first-order valence-corrected chi connectivity index (χ1v) is 8.55. The molecule has 0 amide bonds. The molecule has 0 aromatic heterocycles. The van der Waals surface area contributed by atoms with E-state index >= 15 is 0 Å². The molecule has 0 radical (unpaired) electrons. The van der Waals surface area contributed by atoms with E-state index in [9.17, 15) is 0 Å². The van der Waals surface area contributed by atoms with Crippen LogP contribution in [0.2, 0.25) is 0 Å². The molecule has 1 atom stereocenters. The first-order chi connectivity index (χ1) is 9.56. The van der Waals surface area contributed by atoms with E-state index in [4.69, 9.17) is 5.73 Å². The first kappa shape index (κ1) is 15.6. The van der Waals surface area contributed by atoms with Gasteiger partial charge in [0.25, 0.3) is 0 Å². The van der Waals surface area contributed by atoms with Gasteiger partial charge in [-0.3, -0.25) is 0 Å². The maximum absolute atomic E-state index is 5.84.